The fraction of sp³-hybridized carbons (Fsp3) is 0.350. The lowest BCUT2D eigenvalue weighted by Crippen LogP contribution is -2.52. The molecule has 0 atom stereocenters. The number of halogens is 1. The molecule has 1 fully saturated rings. The number of para-hydroxylation sites is 2. The lowest BCUT2D eigenvalue weighted by Gasteiger charge is -2.37. The van der Waals surface area contributed by atoms with Crippen LogP contribution in [0.15, 0.2) is 48.5 Å². The molecule has 1 aliphatic rings. The summed E-state index contributed by atoms with van der Waals surface area (Å²) in [6.07, 6.45) is 1.00. The maximum atomic E-state index is 13.5. The molecule has 0 aliphatic carbocycles. The van der Waals surface area contributed by atoms with E-state index in [2.05, 4.69) is 4.90 Å². The summed E-state index contributed by atoms with van der Waals surface area (Å²) in [5.41, 5.74) is 1.09. The summed E-state index contributed by atoms with van der Waals surface area (Å²) in [6.45, 7) is 1.75. The second-order valence-electron chi connectivity index (χ2n) is 6.79. The number of benzene rings is 2. The van der Waals surface area contributed by atoms with E-state index in [0.29, 0.717) is 26.2 Å². The highest BCUT2D eigenvalue weighted by Crippen LogP contribution is 2.28. The summed E-state index contributed by atoms with van der Waals surface area (Å²) in [5, 5.41) is 0. The fourth-order valence-electron chi connectivity index (χ4n) is 3.34. The summed E-state index contributed by atoms with van der Waals surface area (Å²) in [6, 6.07) is 12.9. The number of methoxy groups -OCH3 is 1. The van der Waals surface area contributed by atoms with Gasteiger partial charge in [-0.1, -0.05) is 18.2 Å². The van der Waals surface area contributed by atoms with Crippen molar-refractivity contribution < 1.29 is 22.3 Å². The van der Waals surface area contributed by atoms with Gasteiger partial charge in [0, 0.05) is 26.2 Å². The average Bonchev–Trinajstić information content (AvgIpc) is 2.71. The highest BCUT2D eigenvalue weighted by Gasteiger charge is 2.27. The Balaban J connectivity index is 1.68. The first-order valence-corrected chi connectivity index (χ1v) is 11.0. The highest BCUT2D eigenvalue weighted by molar-refractivity contribution is 7.92. The molecular weight excluding hydrogens is 397 g/mol. The normalized spacial score (nSPS) is 14.6. The number of piperazine rings is 1. The molecule has 3 rings (SSSR count). The Hall–Kier alpha value is -2.81. The standard InChI is InChI=1S/C20H24FN3O4S/c1-28-19-9-4-3-8-18(19)22-10-12-23(13-11-22)20(25)15-24(29(2,26)27)17-7-5-6-16(21)14-17/h3-9,14H,10-13,15H2,1-2H3. The van der Waals surface area contributed by atoms with Crippen LogP contribution in [0, 0.1) is 5.82 Å². The number of sulfonamides is 1. The Morgan fingerprint density at radius 1 is 1.10 bits per heavy atom. The third-order valence-electron chi connectivity index (χ3n) is 4.83. The van der Waals surface area contributed by atoms with E-state index in [9.17, 15) is 17.6 Å². The Morgan fingerprint density at radius 3 is 2.41 bits per heavy atom. The van der Waals surface area contributed by atoms with Crippen LogP contribution in [0.4, 0.5) is 15.8 Å². The molecule has 0 aromatic heterocycles. The van der Waals surface area contributed by atoms with Gasteiger partial charge in [0.25, 0.3) is 0 Å². The molecule has 0 bridgehead atoms. The van der Waals surface area contributed by atoms with Gasteiger partial charge in [0.2, 0.25) is 15.9 Å². The number of hydrogen-bond acceptors (Lipinski definition) is 5. The number of hydrogen-bond donors (Lipinski definition) is 0. The zero-order valence-corrected chi connectivity index (χ0v) is 17.2. The molecule has 29 heavy (non-hydrogen) atoms. The summed E-state index contributed by atoms with van der Waals surface area (Å²) >= 11 is 0. The van der Waals surface area contributed by atoms with Crippen LogP contribution >= 0.6 is 0 Å². The number of carbonyl (C=O) groups is 1. The van der Waals surface area contributed by atoms with Crippen molar-refractivity contribution in [1.82, 2.24) is 4.90 Å². The monoisotopic (exact) mass is 421 g/mol. The molecule has 2 aromatic carbocycles. The van der Waals surface area contributed by atoms with Gasteiger partial charge in [-0.15, -0.1) is 0 Å². The molecule has 0 spiro atoms. The minimum Gasteiger partial charge on any atom is -0.495 e. The van der Waals surface area contributed by atoms with Gasteiger partial charge in [0.05, 0.1) is 24.7 Å². The maximum Gasteiger partial charge on any atom is 0.243 e. The van der Waals surface area contributed by atoms with Gasteiger partial charge in [-0.25, -0.2) is 12.8 Å². The van der Waals surface area contributed by atoms with E-state index in [0.717, 1.165) is 28.1 Å². The Morgan fingerprint density at radius 2 is 1.79 bits per heavy atom. The SMILES string of the molecule is COc1ccccc1N1CCN(C(=O)CN(c2cccc(F)c2)S(C)(=O)=O)CC1. The first kappa shape index (κ1) is 20.9. The quantitative estimate of drug-likeness (QED) is 0.713. The van der Waals surface area contributed by atoms with E-state index < -0.39 is 15.8 Å². The van der Waals surface area contributed by atoms with Gasteiger partial charge in [0.1, 0.15) is 18.1 Å². The molecule has 0 N–H and O–H groups in total. The lowest BCUT2D eigenvalue weighted by atomic mass is 10.2. The third kappa shape index (κ3) is 4.97. The summed E-state index contributed by atoms with van der Waals surface area (Å²) < 4.78 is 44.2. The highest BCUT2D eigenvalue weighted by atomic mass is 32.2. The van der Waals surface area contributed by atoms with Gasteiger partial charge in [0.15, 0.2) is 0 Å². The number of amides is 1. The topological polar surface area (TPSA) is 70.2 Å². The lowest BCUT2D eigenvalue weighted by molar-refractivity contribution is -0.129. The van der Waals surface area contributed by atoms with Crippen molar-refractivity contribution >= 4 is 27.3 Å². The molecule has 0 saturated carbocycles. The zero-order chi connectivity index (χ0) is 21.0. The van der Waals surface area contributed by atoms with Gasteiger partial charge in [-0.2, -0.15) is 0 Å². The van der Waals surface area contributed by atoms with Crippen LogP contribution in [0.5, 0.6) is 5.75 Å². The first-order valence-electron chi connectivity index (χ1n) is 9.18. The molecule has 0 radical (unpaired) electrons. The van der Waals surface area contributed by atoms with Crippen molar-refractivity contribution in [3.8, 4) is 5.75 Å². The second kappa shape index (κ2) is 8.69. The van der Waals surface area contributed by atoms with Crippen LogP contribution in [0.2, 0.25) is 0 Å². The number of carbonyl (C=O) groups excluding carboxylic acids is 1. The van der Waals surface area contributed by atoms with Gasteiger partial charge >= 0.3 is 0 Å². The van der Waals surface area contributed by atoms with Gasteiger partial charge < -0.3 is 14.5 Å². The molecule has 0 unspecified atom stereocenters. The minimum absolute atomic E-state index is 0.133. The van der Waals surface area contributed by atoms with Crippen molar-refractivity contribution in [3.63, 3.8) is 0 Å². The van der Waals surface area contributed by atoms with E-state index in [-0.39, 0.29) is 18.1 Å². The van der Waals surface area contributed by atoms with Gasteiger partial charge in [-0.3, -0.25) is 9.10 Å². The van der Waals surface area contributed by atoms with Crippen molar-refractivity contribution in [2.24, 2.45) is 0 Å². The minimum atomic E-state index is -3.74. The Kier molecular flexibility index (Phi) is 6.26. The van der Waals surface area contributed by atoms with Crippen LogP contribution in [0.3, 0.4) is 0 Å². The molecule has 1 saturated heterocycles. The average molecular weight is 421 g/mol. The van der Waals surface area contributed by atoms with Crippen molar-refractivity contribution in [3.05, 3.63) is 54.3 Å². The van der Waals surface area contributed by atoms with Crippen molar-refractivity contribution in [2.75, 3.05) is 55.3 Å². The molecular formula is C20H24FN3O4S. The van der Waals surface area contributed by atoms with E-state index in [4.69, 9.17) is 4.74 Å². The third-order valence-corrected chi connectivity index (χ3v) is 5.97. The van der Waals surface area contributed by atoms with Crippen LogP contribution in [0.25, 0.3) is 0 Å². The maximum absolute atomic E-state index is 13.5. The molecule has 1 amide bonds. The summed E-state index contributed by atoms with van der Waals surface area (Å²) in [4.78, 5) is 16.5. The number of rotatable bonds is 6. The van der Waals surface area contributed by atoms with Gasteiger partial charge in [-0.05, 0) is 30.3 Å². The predicted molar refractivity (Wildman–Crippen MR) is 110 cm³/mol. The number of ether oxygens (including phenoxy) is 1. The van der Waals surface area contributed by atoms with Crippen molar-refractivity contribution in [2.45, 2.75) is 0 Å². The molecule has 1 aliphatic heterocycles. The summed E-state index contributed by atoms with van der Waals surface area (Å²) in [5.74, 6) is -0.116. The molecule has 7 nitrogen and oxygen atoms in total. The number of anilines is 2. The second-order valence-corrected chi connectivity index (χ2v) is 8.70. The van der Waals surface area contributed by atoms with Crippen LogP contribution in [-0.4, -0.2) is 65.3 Å². The number of nitrogens with zero attached hydrogens (tertiary/aromatic N) is 3. The molecule has 9 heteroatoms. The van der Waals surface area contributed by atoms with E-state index in [1.54, 1.807) is 12.0 Å². The fourth-order valence-corrected chi connectivity index (χ4v) is 4.18. The molecule has 1 heterocycles. The van der Waals surface area contributed by atoms with E-state index in [1.807, 2.05) is 24.3 Å². The van der Waals surface area contributed by atoms with E-state index in [1.165, 1.54) is 18.2 Å². The molecule has 2 aromatic rings. The Bertz CT molecular complexity index is 975. The first-order chi connectivity index (χ1) is 13.8. The van der Waals surface area contributed by atoms with E-state index >= 15 is 0 Å². The zero-order valence-electron chi connectivity index (χ0n) is 16.4. The van der Waals surface area contributed by atoms with Crippen LogP contribution in [-0.2, 0) is 14.8 Å². The van der Waals surface area contributed by atoms with Crippen LogP contribution in [0.1, 0.15) is 0 Å². The summed E-state index contributed by atoms with van der Waals surface area (Å²) in [7, 11) is -2.12. The molecule has 156 valence electrons. The predicted octanol–water partition coefficient (Wildman–Crippen LogP) is 1.95. The van der Waals surface area contributed by atoms with Crippen molar-refractivity contribution in [1.29, 1.82) is 0 Å². The Labute approximate surface area is 170 Å². The van der Waals surface area contributed by atoms with Crippen LogP contribution < -0.4 is 13.9 Å². The smallest absolute Gasteiger partial charge is 0.243 e. The largest absolute Gasteiger partial charge is 0.495 e.